The number of nitrogens with zero attached hydrogens (tertiary/aromatic N) is 3. The summed E-state index contributed by atoms with van der Waals surface area (Å²) in [7, 11) is 0. The zero-order valence-electron chi connectivity index (χ0n) is 13.3. The van der Waals surface area contributed by atoms with Gasteiger partial charge in [-0.3, -0.25) is 14.8 Å². The molecule has 1 unspecified atom stereocenters. The summed E-state index contributed by atoms with van der Waals surface area (Å²) in [6.45, 7) is 7.34. The molecule has 0 aliphatic carbocycles. The van der Waals surface area contributed by atoms with Crippen LogP contribution in [-0.2, 0) is 6.54 Å². The Bertz CT molecular complexity index is 676. The lowest BCUT2D eigenvalue weighted by atomic mass is 10.1. The fraction of sp³-hybridized carbons (Fsp3) is 0.500. The van der Waals surface area contributed by atoms with E-state index in [1.165, 1.54) is 6.42 Å². The van der Waals surface area contributed by atoms with Gasteiger partial charge in [-0.1, -0.05) is 6.07 Å². The van der Waals surface area contributed by atoms with Gasteiger partial charge in [0.05, 0.1) is 5.52 Å². The lowest BCUT2D eigenvalue weighted by molar-refractivity contribution is 0.0983. The summed E-state index contributed by atoms with van der Waals surface area (Å²) in [5.41, 5.74) is 1.92. The zero-order valence-corrected chi connectivity index (χ0v) is 13.3. The monoisotopic (exact) mass is 314 g/mol. The minimum Gasteiger partial charge on any atom is -0.315 e. The average Bonchev–Trinajstić information content (AvgIpc) is 3.10. The largest absolute Gasteiger partial charge is 0.315 e. The van der Waals surface area contributed by atoms with Gasteiger partial charge in [0.15, 0.2) is 0 Å². The van der Waals surface area contributed by atoms with Crippen molar-refractivity contribution in [3.05, 3.63) is 41.8 Å². The second-order valence-corrected chi connectivity index (χ2v) is 6.60. The van der Waals surface area contributed by atoms with Crippen molar-refractivity contribution >= 4 is 10.9 Å². The summed E-state index contributed by atoms with van der Waals surface area (Å²) in [6, 6.07) is 7.70. The Morgan fingerprint density at radius 2 is 2.09 bits per heavy atom. The molecule has 0 radical (unpaired) electrons. The number of hydrogen-bond donors (Lipinski definition) is 1. The van der Waals surface area contributed by atoms with Crippen LogP contribution in [0.15, 0.2) is 30.5 Å². The van der Waals surface area contributed by atoms with Crippen LogP contribution in [0.4, 0.5) is 4.39 Å². The second kappa shape index (κ2) is 6.51. The number of rotatable bonds is 3. The van der Waals surface area contributed by atoms with Gasteiger partial charge in [0, 0.05) is 56.9 Å². The first kappa shape index (κ1) is 15.0. The third-order valence-corrected chi connectivity index (χ3v) is 5.10. The van der Waals surface area contributed by atoms with E-state index >= 15 is 0 Å². The molecule has 0 bridgehead atoms. The van der Waals surface area contributed by atoms with Crippen molar-refractivity contribution in [1.82, 2.24) is 20.1 Å². The molecule has 4 rings (SSSR count). The Morgan fingerprint density at radius 1 is 1.22 bits per heavy atom. The van der Waals surface area contributed by atoms with E-state index < -0.39 is 0 Å². The normalized spacial score (nSPS) is 23.6. The molecule has 2 saturated heterocycles. The van der Waals surface area contributed by atoms with Crippen LogP contribution in [0.2, 0.25) is 0 Å². The van der Waals surface area contributed by atoms with E-state index in [-0.39, 0.29) is 5.82 Å². The molecule has 5 heteroatoms. The van der Waals surface area contributed by atoms with Crippen LogP contribution in [0.25, 0.3) is 10.9 Å². The molecule has 2 aliphatic rings. The molecule has 122 valence electrons. The Kier molecular flexibility index (Phi) is 4.25. The van der Waals surface area contributed by atoms with Gasteiger partial charge in [-0.25, -0.2) is 4.39 Å². The number of pyridine rings is 1. The highest BCUT2D eigenvalue weighted by molar-refractivity contribution is 5.81. The minimum atomic E-state index is -0.170. The first-order chi connectivity index (χ1) is 11.3. The molecule has 2 aromatic rings. The predicted octanol–water partition coefficient (Wildman–Crippen LogP) is 1.85. The molecule has 23 heavy (non-hydrogen) atoms. The first-order valence-electron chi connectivity index (χ1n) is 8.50. The Hall–Kier alpha value is -1.56. The molecule has 1 atom stereocenters. The first-order valence-corrected chi connectivity index (χ1v) is 8.50. The maximum atomic E-state index is 13.9. The maximum absolute atomic E-state index is 13.9. The third kappa shape index (κ3) is 3.22. The third-order valence-electron chi connectivity index (χ3n) is 5.10. The maximum Gasteiger partial charge on any atom is 0.124 e. The van der Waals surface area contributed by atoms with Crippen molar-refractivity contribution in [3.8, 4) is 0 Å². The highest BCUT2D eigenvalue weighted by Crippen LogP contribution is 2.21. The molecule has 1 aromatic heterocycles. The average molecular weight is 314 g/mol. The molecular formula is C18H23FN4. The fourth-order valence-corrected chi connectivity index (χ4v) is 3.83. The van der Waals surface area contributed by atoms with E-state index in [2.05, 4.69) is 20.1 Å². The molecule has 0 saturated carbocycles. The zero-order chi connectivity index (χ0) is 15.6. The number of aromatic nitrogens is 1. The molecule has 2 aliphatic heterocycles. The molecule has 3 heterocycles. The van der Waals surface area contributed by atoms with Crippen molar-refractivity contribution in [3.63, 3.8) is 0 Å². The minimum absolute atomic E-state index is 0.170. The number of hydrogen-bond acceptors (Lipinski definition) is 4. The highest BCUT2D eigenvalue weighted by atomic mass is 19.1. The Morgan fingerprint density at radius 3 is 2.87 bits per heavy atom. The van der Waals surface area contributed by atoms with Gasteiger partial charge in [-0.05, 0) is 36.7 Å². The standard InChI is InChI=1S/C18H23FN4/c19-16-10-14-2-1-4-21-18(14)15(11-16)13-22-6-8-23(9-7-22)17-3-5-20-12-17/h1-2,4,10-11,17,20H,3,5-9,12-13H2. The van der Waals surface area contributed by atoms with Gasteiger partial charge >= 0.3 is 0 Å². The smallest absolute Gasteiger partial charge is 0.124 e. The number of benzene rings is 1. The number of halogens is 1. The van der Waals surface area contributed by atoms with Crippen LogP contribution in [0.3, 0.4) is 0 Å². The van der Waals surface area contributed by atoms with Crippen LogP contribution < -0.4 is 5.32 Å². The van der Waals surface area contributed by atoms with E-state index in [1.54, 1.807) is 18.3 Å². The van der Waals surface area contributed by atoms with Crippen LogP contribution in [0.5, 0.6) is 0 Å². The summed E-state index contributed by atoms with van der Waals surface area (Å²) in [5.74, 6) is -0.170. The van der Waals surface area contributed by atoms with Crippen LogP contribution in [0.1, 0.15) is 12.0 Å². The van der Waals surface area contributed by atoms with E-state index in [1.807, 2.05) is 12.1 Å². The van der Waals surface area contributed by atoms with Crippen molar-refractivity contribution in [1.29, 1.82) is 0 Å². The lowest BCUT2D eigenvalue weighted by Crippen LogP contribution is -2.50. The summed E-state index contributed by atoms with van der Waals surface area (Å²) in [4.78, 5) is 9.47. The summed E-state index contributed by atoms with van der Waals surface area (Å²) in [6.07, 6.45) is 3.05. The lowest BCUT2D eigenvalue weighted by Gasteiger charge is -2.37. The van der Waals surface area contributed by atoms with E-state index in [9.17, 15) is 4.39 Å². The SMILES string of the molecule is Fc1cc(CN2CCN(C3CCNC3)CC2)c2ncccc2c1. The molecule has 2 fully saturated rings. The molecule has 0 amide bonds. The van der Waals surface area contributed by atoms with Gasteiger partial charge in [-0.2, -0.15) is 0 Å². The quantitative estimate of drug-likeness (QED) is 0.937. The van der Waals surface area contributed by atoms with Crippen molar-refractivity contribution in [2.24, 2.45) is 0 Å². The predicted molar refractivity (Wildman–Crippen MR) is 89.8 cm³/mol. The topological polar surface area (TPSA) is 31.4 Å². The molecular weight excluding hydrogens is 291 g/mol. The van der Waals surface area contributed by atoms with Gasteiger partial charge in [0.1, 0.15) is 5.82 Å². The highest BCUT2D eigenvalue weighted by Gasteiger charge is 2.26. The molecule has 1 N–H and O–H groups in total. The molecule has 4 nitrogen and oxygen atoms in total. The Labute approximate surface area is 136 Å². The van der Waals surface area contributed by atoms with Gasteiger partial charge in [0.25, 0.3) is 0 Å². The van der Waals surface area contributed by atoms with Crippen molar-refractivity contribution in [2.45, 2.75) is 19.0 Å². The number of nitrogens with one attached hydrogen (secondary N) is 1. The van der Waals surface area contributed by atoms with Crippen LogP contribution in [0, 0.1) is 5.82 Å². The summed E-state index contributed by atoms with van der Waals surface area (Å²) < 4.78 is 13.9. The van der Waals surface area contributed by atoms with Crippen molar-refractivity contribution < 1.29 is 4.39 Å². The van der Waals surface area contributed by atoms with Crippen LogP contribution >= 0.6 is 0 Å². The summed E-state index contributed by atoms with van der Waals surface area (Å²) >= 11 is 0. The Balaban J connectivity index is 1.45. The summed E-state index contributed by atoms with van der Waals surface area (Å²) in [5, 5.41) is 4.33. The number of fused-ring (bicyclic) bond motifs is 1. The van der Waals surface area contributed by atoms with E-state index in [0.29, 0.717) is 6.04 Å². The molecule has 0 spiro atoms. The van der Waals surface area contributed by atoms with Gasteiger partial charge < -0.3 is 5.32 Å². The number of piperazine rings is 1. The van der Waals surface area contributed by atoms with Gasteiger partial charge in [-0.15, -0.1) is 0 Å². The van der Waals surface area contributed by atoms with Gasteiger partial charge in [0.2, 0.25) is 0 Å². The van der Waals surface area contributed by atoms with E-state index in [4.69, 9.17) is 0 Å². The van der Waals surface area contributed by atoms with Crippen molar-refractivity contribution in [2.75, 3.05) is 39.3 Å². The molecule has 1 aromatic carbocycles. The van der Waals surface area contributed by atoms with E-state index in [0.717, 1.165) is 62.3 Å². The fourth-order valence-electron chi connectivity index (χ4n) is 3.83. The van der Waals surface area contributed by atoms with Crippen LogP contribution in [-0.4, -0.2) is 60.1 Å². The second-order valence-electron chi connectivity index (χ2n) is 6.60.